The fourth-order valence-corrected chi connectivity index (χ4v) is 1.97. The molecule has 6 heteroatoms. The molecule has 2 aromatic carbocycles. The lowest BCUT2D eigenvalue weighted by atomic mass is 10.1. The summed E-state index contributed by atoms with van der Waals surface area (Å²) in [5.74, 6) is -0.208. The highest BCUT2D eigenvalue weighted by atomic mass is 19.1. The van der Waals surface area contributed by atoms with Gasteiger partial charge in [-0.2, -0.15) is 0 Å². The maximum atomic E-state index is 13.3. The second-order valence-corrected chi connectivity index (χ2v) is 4.44. The lowest BCUT2D eigenvalue weighted by Crippen LogP contribution is -2.04. The van der Waals surface area contributed by atoms with E-state index in [0.29, 0.717) is 17.5 Å². The van der Waals surface area contributed by atoms with E-state index >= 15 is 0 Å². The van der Waals surface area contributed by atoms with Crippen molar-refractivity contribution in [2.45, 2.75) is 13.0 Å². The van der Waals surface area contributed by atoms with Crippen molar-refractivity contribution >= 4 is 5.69 Å². The van der Waals surface area contributed by atoms with Gasteiger partial charge in [-0.25, -0.2) is 4.39 Å². The Kier molecular flexibility index (Phi) is 4.84. The minimum atomic E-state index is -0.498. The standard InChI is InChI=1S/C15H14FNO4/c16-13-7-11(10-18)8-14(9-13)21-6-5-12-3-1-2-4-15(12)17(19)20/h1-4,7-9,18H,5-6,10H2. The third-order valence-corrected chi connectivity index (χ3v) is 2.94. The average molecular weight is 291 g/mol. The molecule has 0 unspecified atom stereocenters. The highest BCUT2D eigenvalue weighted by Crippen LogP contribution is 2.20. The molecule has 0 bridgehead atoms. The Bertz CT molecular complexity index is 645. The summed E-state index contributed by atoms with van der Waals surface area (Å²) in [4.78, 5) is 10.4. The molecule has 0 radical (unpaired) electrons. The van der Waals surface area contributed by atoms with E-state index in [2.05, 4.69) is 0 Å². The molecule has 0 aliphatic rings. The Morgan fingerprint density at radius 1 is 1.24 bits per heavy atom. The Hall–Kier alpha value is -2.47. The van der Waals surface area contributed by atoms with E-state index in [1.54, 1.807) is 18.2 Å². The van der Waals surface area contributed by atoms with E-state index in [-0.39, 0.29) is 24.7 Å². The molecular formula is C15H14FNO4. The van der Waals surface area contributed by atoms with Crippen molar-refractivity contribution in [3.8, 4) is 5.75 Å². The van der Waals surface area contributed by atoms with Gasteiger partial charge in [0, 0.05) is 24.1 Å². The molecule has 0 spiro atoms. The molecule has 0 saturated heterocycles. The van der Waals surface area contributed by atoms with Gasteiger partial charge in [0.05, 0.1) is 18.1 Å². The van der Waals surface area contributed by atoms with Gasteiger partial charge in [-0.1, -0.05) is 18.2 Å². The van der Waals surface area contributed by atoms with Crippen LogP contribution in [0.3, 0.4) is 0 Å². The maximum Gasteiger partial charge on any atom is 0.272 e. The van der Waals surface area contributed by atoms with E-state index < -0.39 is 10.7 Å². The van der Waals surface area contributed by atoms with Crippen LogP contribution in [0.15, 0.2) is 42.5 Å². The quantitative estimate of drug-likeness (QED) is 0.656. The molecule has 1 N–H and O–H groups in total. The van der Waals surface area contributed by atoms with E-state index in [1.165, 1.54) is 24.3 Å². The number of halogens is 1. The third kappa shape index (κ3) is 4.00. The Morgan fingerprint density at radius 2 is 2.00 bits per heavy atom. The number of nitro groups is 1. The molecule has 0 heterocycles. The molecule has 2 aromatic rings. The molecule has 0 amide bonds. The zero-order valence-corrected chi connectivity index (χ0v) is 11.2. The lowest BCUT2D eigenvalue weighted by Gasteiger charge is -2.08. The summed E-state index contributed by atoms with van der Waals surface area (Å²) in [5, 5.41) is 19.9. The minimum absolute atomic E-state index is 0.0383. The van der Waals surface area contributed by atoms with Crippen LogP contribution in [0.1, 0.15) is 11.1 Å². The molecule has 0 aromatic heterocycles. The van der Waals surface area contributed by atoms with Crippen LogP contribution in [0, 0.1) is 15.9 Å². The summed E-state index contributed by atoms with van der Waals surface area (Å²) in [6.45, 7) is -0.0997. The first-order chi connectivity index (χ1) is 10.1. The number of para-hydroxylation sites is 1. The summed E-state index contributed by atoms with van der Waals surface area (Å²) in [6.07, 6.45) is 0.335. The molecule has 110 valence electrons. The third-order valence-electron chi connectivity index (χ3n) is 2.94. The van der Waals surface area contributed by atoms with Crippen molar-refractivity contribution in [1.29, 1.82) is 0 Å². The Labute approximate surface area is 120 Å². The normalized spacial score (nSPS) is 10.4. The maximum absolute atomic E-state index is 13.3. The predicted octanol–water partition coefficient (Wildman–Crippen LogP) is 2.85. The summed E-state index contributed by atoms with van der Waals surface area (Å²) < 4.78 is 18.6. The van der Waals surface area contributed by atoms with Gasteiger partial charge in [-0.05, 0) is 17.7 Å². The summed E-state index contributed by atoms with van der Waals surface area (Å²) in [7, 11) is 0. The van der Waals surface area contributed by atoms with Crippen molar-refractivity contribution in [3.05, 3.63) is 69.5 Å². The Morgan fingerprint density at radius 3 is 2.71 bits per heavy atom. The molecule has 2 rings (SSSR count). The number of hydrogen-bond donors (Lipinski definition) is 1. The smallest absolute Gasteiger partial charge is 0.272 e. The van der Waals surface area contributed by atoms with Crippen LogP contribution in [0.25, 0.3) is 0 Å². The van der Waals surface area contributed by atoms with Gasteiger partial charge >= 0.3 is 0 Å². The van der Waals surface area contributed by atoms with Crippen LogP contribution >= 0.6 is 0 Å². The van der Waals surface area contributed by atoms with Crippen LogP contribution in [0.2, 0.25) is 0 Å². The molecule has 0 fully saturated rings. The number of rotatable bonds is 6. The van der Waals surface area contributed by atoms with Gasteiger partial charge in [-0.15, -0.1) is 0 Å². The van der Waals surface area contributed by atoms with Crippen LogP contribution in [-0.2, 0) is 13.0 Å². The highest BCUT2D eigenvalue weighted by molar-refractivity contribution is 5.40. The van der Waals surface area contributed by atoms with E-state index in [9.17, 15) is 14.5 Å². The van der Waals surface area contributed by atoms with Crippen molar-refractivity contribution in [2.75, 3.05) is 6.61 Å². The number of ether oxygens (including phenoxy) is 1. The van der Waals surface area contributed by atoms with Gasteiger partial charge in [-0.3, -0.25) is 10.1 Å². The van der Waals surface area contributed by atoms with Gasteiger partial charge in [0.1, 0.15) is 11.6 Å². The van der Waals surface area contributed by atoms with Crippen LogP contribution in [0.4, 0.5) is 10.1 Å². The number of aliphatic hydroxyl groups is 1. The van der Waals surface area contributed by atoms with E-state index in [0.717, 1.165) is 0 Å². The first-order valence-corrected chi connectivity index (χ1v) is 6.35. The number of aliphatic hydroxyl groups excluding tert-OH is 1. The lowest BCUT2D eigenvalue weighted by molar-refractivity contribution is -0.385. The molecule has 0 aliphatic heterocycles. The summed E-state index contributed by atoms with van der Waals surface area (Å²) in [5.41, 5.74) is 1.01. The molecule has 0 saturated carbocycles. The summed E-state index contributed by atoms with van der Waals surface area (Å²) >= 11 is 0. The first kappa shape index (κ1) is 14.9. The number of nitro benzene ring substituents is 1. The van der Waals surface area contributed by atoms with Crippen molar-refractivity contribution in [2.24, 2.45) is 0 Å². The Balaban J connectivity index is 2.02. The number of nitrogens with zero attached hydrogens (tertiary/aromatic N) is 1. The van der Waals surface area contributed by atoms with Crippen molar-refractivity contribution in [3.63, 3.8) is 0 Å². The average Bonchev–Trinajstić information content (AvgIpc) is 2.47. The van der Waals surface area contributed by atoms with Gasteiger partial charge in [0.15, 0.2) is 0 Å². The fraction of sp³-hybridized carbons (Fsp3) is 0.200. The second-order valence-electron chi connectivity index (χ2n) is 4.44. The van der Waals surface area contributed by atoms with Crippen molar-refractivity contribution in [1.82, 2.24) is 0 Å². The van der Waals surface area contributed by atoms with Crippen LogP contribution < -0.4 is 4.74 Å². The van der Waals surface area contributed by atoms with Gasteiger partial charge in [0.2, 0.25) is 0 Å². The van der Waals surface area contributed by atoms with E-state index in [4.69, 9.17) is 9.84 Å². The largest absolute Gasteiger partial charge is 0.493 e. The topological polar surface area (TPSA) is 72.6 Å². The monoisotopic (exact) mass is 291 g/mol. The molecule has 0 aliphatic carbocycles. The molecule has 5 nitrogen and oxygen atoms in total. The zero-order valence-electron chi connectivity index (χ0n) is 11.2. The fourth-order valence-electron chi connectivity index (χ4n) is 1.97. The summed E-state index contributed by atoms with van der Waals surface area (Å²) in [6, 6.07) is 10.4. The predicted molar refractivity (Wildman–Crippen MR) is 74.6 cm³/mol. The van der Waals surface area contributed by atoms with Crippen molar-refractivity contribution < 1.29 is 19.2 Å². The SMILES string of the molecule is O=[N+]([O-])c1ccccc1CCOc1cc(F)cc(CO)c1. The minimum Gasteiger partial charge on any atom is -0.493 e. The number of hydrogen-bond acceptors (Lipinski definition) is 4. The highest BCUT2D eigenvalue weighted by Gasteiger charge is 2.12. The van der Waals surface area contributed by atoms with Crippen LogP contribution in [0.5, 0.6) is 5.75 Å². The molecule has 21 heavy (non-hydrogen) atoms. The van der Waals surface area contributed by atoms with Gasteiger partial charge < -0.3 is 9.84 Å². The molecular weight excluding hydrogens is 277 g/mol. The van der Waals surface area contributed by atoms with Crippen LogP contribution in [-0.4, -0.2) is 16.6 Å². The van der Waals surface area contributed by atoms with Gasteiger partial charge in [0.25, 0.3) is 5.69 Å². The number of benzene rings is 2. The second kappa shape index (κ2) is 6.81. The molecule has 0 atom stereocenters. The zero-order chi connectivity index (χ0) is 15.2. The first-order valence-electron chi connectivity index (χ1n) is 6.35. The van der Waals surface area contributed by atoms with E-state index in [1.807, 2.05) is 0 Å².